The number of amides is 1. The zero-order valence-electron chi connectivity index (χ0n) is 8.85. The third-order valence-corrected chi connectivity index (χ3v) is 2.63. The van der Waals surface area contributed by atoms with Crippen molar-refractivity contribution in [2.45, 2.75) is 13.0 Å². The Bertz CT molecular complexity index is 422. The lowest BCUT2D eigenvalue weighted by Crippen LogP contribution is -2.40. The number of halogens is 1. The monoisotopic (exact) mass is 286 g/mol. The smallest absolute Gasteiger partial charge is 0.326 e. The minimum atomic E-state index is -1.05. The molecule has 0 aliphatic carbocycles. The van der Waals surface area contributed by atoms with Gasteiger partial charge in [-0.05, 0) is 35.0 Å². The average Bonchev–Trinajstić information content (AvgIpc) is 2.26. The van der Waals surface area contributed by atoms with E-state index in [4.69, 9.17) is 5.11 Å². The predicted octanol–water partition coefficient (Wildman–Crippen LogP) is 1.39. The Hall–Kier alpha value is -1.43. The Balaban J connectivity index is 2.90. The number of pyridine rings is 1. The molecule has 6 heteroatoms. The Morgan fingerprint density at radius 1 is 1.50 bits per heavy atom. The van der Waals surface area contributed by atoms with E-state index in [9.17, 15) is 9.59 Å². The van der Waals surface area contributed by atoms with E-state index < -0.39 is 17.9 Å². The second-order valence-electron chi connectivity index (χ2n) is 3.28. The molecule has 16 heavy (non-hydrogen) atoms. The number of carbonyl (C=O) groups is 2. The molecule has 1 aromatic rings. The number of aliphatic carboxylic acids is 1. The topological polar surface area (TPSA) is 70.5 Å². The van der Waals surface area contributed by atoms with Crippen molar-refractivity contribution in [1.29, 1.82) is 0 Å². The van der Waals surface area contributed by atoms with Gasteiger partial charge in [0.15, 0.2) is 0 Å². The fraction of sp³-hybridized carbons (Fsp3) is 0.300. The summed E-state index contributed by atoms with van der Waals surface area (Å²) in [5.74, 6) is -1.47. The van der Waals surface area contributed by atoms with Gasteiger partial charge in [0, 0.05) is 7.05 Å². The van der Waals surface area contributed by atoms with E-state index in [2.05, 4.69) is 20.9 Å². The molecule has 1 amide bonds. The SMILES string of the molecule is CC(C(=O)O)N(C)C(=O)c1cccc(Br)n1. The minimum Gasteiger partial charge on any atom is -0.480 e. The summed E-state index contributed by atoms with van der Waals surface area (Å²) in [7, 11) is 1.43. The van der Waals surface area contributed by atoms with Gasteiger partial charge in [0.2, 0.25) is 0 Å². The molecule has 1 N–H and O–H groups in total. The van der Waals surface area contributed by atoms with Crippen LogP contribution in [0.2, 0.25) is 0 Å². The van der Waals surface area contributed by atoms with Gasteiger partial charge in [-0.25, -0.2) is 9.78 Å². The van der Waals surface area contributed by atoms with Gasteiger partial charge in [-0.1, -0.05) is 6.07 Å². The van der Waals surface area contributed by atoms with Crippen molar-refractivity contribution in [2.24, 2.45) is 0 Å². The lowest BCUT2D eigenvalue weighted by atomic mass is 10.2. The van der Waals surface area contributed by atoms with Crippen LogP contribution in [0.1, 0.15) is 17.4 Å². The molecule has 0 aliphatic rings. The fourth-order valence-electron chi connectivity index (χ4n) is 1.05. The van der Waals surface area contributed by atoms with E-state index in [-0.39, 0.29) is 5.69 Å². The molecule has 5 nitrogen and oxygen atoms in total. The molecule has 0 radical (unpaired) electrons. The van der Waals surface area contributed by atoms with Gasteiger partial charge in [-0.3, -0.25) is 4.79 Å². The van der Waals surface area contributed by atoms with Crippen LogP contribution in [0.4, 0.5) is 0 Å². The van der Waals surface area contributed by atoms with Crippen molar-refractivity contribution in [3.8, 4) is 0 Å². The maximum absolute atomic E-state index is 11.8. The summed E-state index contributed by atoms with van der Waals surface area (Å²) >= 11 is 3.15. The van der Waals surface area contributed by atoms with Crippen LogP contribution in [-0.2, 0) is 4.79 Å². The zero-order chi connectivity index (χ0) is 12.3. The summed E-state index contributed by atoms with van der Waals surface area (Å²) in [5.41, 5.74) is 0.213. The van der Waals surface area contributed by atoms with Crippen molar-refractivity contribution in [3.05, 3.63) is 28.5 Å². The molecule has 0 aliphatic heterocycles. The van der Waals surface area contributed by atoms with Crippen LogP contribution in [0.15, 0.2) is 22.8 Å². The van der Waals surface area contributed by atoms with Crippen LogP contribution >= 0.6 is 15.9 Å². The highest BCUT2D eigenvalue weighted by molar-refractivity contribution is 9.10. The molecule has 1 heterocycles. The second kappa shape index (κ2) is 5.07. The summed E-state index contributed by atoms with van der Waals surface area (Å²) in [4.78, 5) is 27.6. The molecule has 0 saturated heterocycles. The van der Waals surface area contributed by atoms with Crippen LogP contribution in [0.5, 0.6) is 0 Å². The van der Waals surface area contributed by atoms with Gasteiger partial charge < -0.3 is 10.0 Å². The van der Waals surface area contributed by atoms with Gasteiger partial charge in [0.1, 0.15) is 16.3 Å². The Morgan fingerprint density at radius 3 is 2.62 bits per heavy atom. The Labute approximate surface area is 101 Å². The number of carboxylic acids is 1. The van der Waals surface area contributed by atoms with E-state index in [1.165, 1.54) is 20.0 Å². The van der Waals surface area contributed by atoms with E-state index >= 15 is 0 Å². The molecule has 1 aromatic heterocycles. The van der Waals surface area contributed by atoms with Crippen LogP contribution < -0.4 is 0 Å². The van der Waals surface area contributed by atoms with Crippen molar-refractivity contribution in [1.82, 2.24) is 9.88 Å². The van der Waals surface area contributed by atoms with Gasteiger partial charge >= 0.3 is 5.97 Å². The highest BCUT2D eigenvalue weighted by atomic mass is 79.9. The van der Waals surface area contributed by atoms with E-state index in [0.29, 0.717) is 4.60 Å². The molecule has 0 spiro atoms. The molecule has 0 aromatic carbocycles. The third kappa shape index (κ3) is 2.79. The molecule has 0 fully saturated rings. The summed E-state index contributed by atoms with van der Waals surface area (Å²) in [5, 5.41) is 8.78. The number of nitrogens with zero attached hydrogens (tertiary/aromatic N) is 2. The number of hydrogen-bond donors (Lipinski definition) is 1. The summed E-state index contributed by atoms with van der Waals surface area (Å²) in [6.45, 7) is 1.44. The molecule has 86 valence electrons. The number of rotatable bonds is 3. The summed E-state index contributed by atoms with van der Waals surface area (Å²) in [6.07, 6.45) is 0. The van der Waals surface area contributed by atoms with Crippen molar-refractivity contribution < 1.29 is 14.7 Å². The molecule has 0 saturated carbocycles. The van der Waals surface area contributed by atoms with Gasteiger partial charge in [0.05, 0.1) is 0 Å². The van der Waals surface area contributed by atoms with Gasteiger partial charge in [0.25, 0.3) is 5.91 Å². The molecule has 0 bridgehead atoms. The largest absolute Gasteiger partial charge is 0.480 e. The zero-order valence-corrected chi connectivity index (χ0v) is 10.4. The normalized spacial score (nSPS) is 11.9. The molecule has 1 unspecified atom stereocenters. The average molecular weight is 287 g/mol. The first-order valence-electron chi connectivity index (χ1n) is 4.56. The number of hydrogen-bond acceptors (Lipinski definition) is 3. The Morgan fingerprint density at radius 2 is 2.12 bits per heavy atom. The number of aromatic nitrogens is 1. The van der Waals surface area contributed by atoms with Crippen molar-refractivity contribution >= 4 is 27.8 Å². The predicted molar refractivity (Wildman–Crippen MR) is 61.1 cm³/mol. The number of carbonyl (C=O) groups excluding carboxylic acids is 1. The van der Waals surface area contributed by atoms with Crippen LogP contribution in [0.3, 0.4) is 0 Å². The van der Waals surface area contributed by atoms with E-state index in [1.807, 2.05) is 0 Å². The van der Waals surface area contributed by atoms with Crippen LogP contribution in [-0.4, -0.2) is 40.0 Å². The molecule has 1 atom stereocenters. The second-order valence-corrected chi connectivity index (χ2v) is 4.09. The fourth-order valence-corrected chi connectivity index (χ4v) is 1.39. The van der Waals surface area contributed by atoms with Crippen molar-refractivity contribution in [2.75, 3.05) is 7.05 Å². The Kier molecular flexibility index (Phi) is 4.00. The standard InChI is InChI=1S/C10H11BrN2O3/c1-6(10(15)16)13(2)9(14)7-4-3-5-8(11)12-7/h3-6H,1-2H3,(H,15,16). The van der Waals surface area contributed by atoms with Gasteiger partial charge in [-0.15, -0.1) is 0 Å². The first-order valence-corrected chi connectivity index (χ1v) is 5.35. The summed E-state index contributed by atoms with van der Waals surface area (Å²) in [6, 6.07) is 4.02. The lowest BCUT2D eigenvalue weighted by molar-refractivity contribution is -0.141. The maximum atomic E-state index is 11.8. The van der Waals surface area contributed by atoms with Crippen LogP contribution in [0.25, 0.3) is 0 Å². The third-order valence-electron chi connectivity index (χ3n) is 2.19. The van der Waals surface area contributed by atoms with Gasteiger partial charge in [-0.2, -0.15) is 0 Å². The van der Waals surface area contributed by atoms with Crippen LogP contribution in [0, 0.1) is 0 Å². The first-order chi connectivity index (χ1) is 7.43. The minimum absolute atomic E-state index is 0.213. The maximum Gasteiger partial charge on any atom is 0.326 e. The number of carboxylic acid groups (broad SMARTS) is 1. The lowest BCUT2D eigenvalue weighted by Gasteiger charge is -2.20. The highest BCUT2D eigenvalue weighted by Gasteiger charge is 2.23. The first kappa shape index (κ1) is 12.6. The van der Waals surface area contributed by atoms with E-state index in [0.717, 1.165) is 4.90 Å². The highest BCUT2D eigenvalue weighted by Crippen LogP contribution is 2.09. The summed E-state index contributed by atoms with van der Waals surface area (Å²) < 4.78 is 0.537. The molecular weight excluding hydrogens is 276 g/mol. The molecular formula is C10H11BrN2O3. The van der Waals surface area contributed by atoms with E-state index in [1.54, 1.807) is 12.1 Å². The molecule has 1 rings (SSSR count). The number of likely N-dealkylation sites (N-methyl/N-ethyl adjacent to an activating group) is 1. The quantitative estimate of drug-likeness (QED) is 0.853. The van der Waals surface area contributed by atoms with Crippen molar-refractivity contribution in [3.63, 3.8) is 0 Å².